The third kappa shape index (κ3) is 4.76. The maximum absolute atomic E-state index is 14.4. The fourth-order valence-electron chi connectivity index (χ4n) is 4.02. The maximum atomic E-state index is 14.4. The summed E-state index contributed by atoms with van der Waals surface area (Å²) in [5, 5.41) is 10.7. The molecule has 0 spiro atoms. The van der Waals surface area contributed by atoms with Crippen LogP contribution in [-0.2, 0) is 0 Å². The highest BCUT2D eigenvalue weighted by Gasteiger charge is 2.23. The first-order valence-corrected chi connectivity index (χ1v) is 10.6. The molecule has 3 atom stereocenters. The maximum Gasteiger partial charge on any atom is 0.183 e. The first kappa shape index (κ1) is 20.3. The van der Waals surface area contributed by atoms with Crippen LogP contribution in [0, 0.1) is 5.82 Å². The Morgan fingerprint density at radius 2 is 2.14 bits per heavy atom. The van der Waals surface area contributed by atoms with Crippen LogP contribution in [0.1, 0.15) is 25.7 Å². The van der Waals surface area contributed by atoms with Gasteiger partial charge in [-0.15, -0.1) is 11.6 Å². The molecule has 2 aromatic rings. The molecule has 0 radical (unpaired) electrons. The molecule has 2 aromatic heterocycles. The summed E-state index contributed by atoms with van der Waals surface area (Å²) < 4.78 is 14.4. The van der Waals surface area contributed by atoms with Gasteiger partial charge in [0.25, 0.3) is 0 Å². The van der Waals surface area contributed by atoms with Gasteiger partial charge in [0, 0.05) is 42.2 Å². The summed E-state index contributed by atoms with van der Waals surface area (Å²) in [4.78, 5) is 16.2. The molecule has 9 heteroatoms. The van der Waals surface area contributed by atoms with E-state index in [-0.39, 0.29) is 17.2 Å². The minimum absolute atomic E-state index is 0.162. The van der Waals surface area contributed by atoms with Crippen LogP contribution in [0.4, 0.5) is 10.2 Å². The quantitative estimate of drug-likeness (QED) is 0.399. The number of nitrogens with zero attached hydrogens (tertiary/aromatic N) is 3. The number of halogens is 2. The van der Waals surface area contributed by atoms with E-state index in [9.17, 15) is 4.39 Å². The minimum atomic E-state index is -0.438. The van der Waals surface area contributed by atoms with Gasteiger partial charge in [-0.3, -0.25) is 4.99 Å². The molecule has 1 aliphatic heterocycles. The largest absolute Gasteiger partial charge is 0.365 e. The Hall–Kier alpha value is -2.03. The Morgan fingerprint density at radius 3 is 3.00 bits per heavy atom. The molecular formula is C20H27ClFN7. The predicted molar refractivity (Wildman–Crippen MR) is 113 cm³/mol. The summed E-state index contributed by atoms with van der Waals surface area (Å²) in [5.74, 6) is 0.274. The summed E-state index contributed by atoms with van der Waals surface area (Å²) in [6, 6.07) is 0.620. The van der Waals surface area contributed by atoms with Gasteiger partial charge in [-0.2, -0.15) is 0 Å². The second-order valence-corrected chi connectivity index (χ2v) is 8.20. The zero-order chi connectivity index (χ0) is 20.2. The van der Waals surface area contributed by atoms with Gasteiger partial charge in [0.2, 0.25) is 0 Å². The van der Waals surface area contributed by atoms with Crippen molar-refractivity contribution in [1.29, 1.82) is 0 Å². The highest BCUT2D eigenvalue weighted by Crippen LogP contribution is 2.23. The van der Waals surface area contributed by atoms with Crippen molar-refractivity contribution >= 4 is 23.5 Å². The normalized spacial score (nSPS) is 23.8. The van der Waals surface area contributed by atoms with Crippen molar-refractivity contribution in [3.63, 3.8) is 0 Å². The SMILES string of the molecule is CNCCNC1CCCC(Nc2nc(-c3c[nH]c4c3=CC(Cl)CN=4)ncc2F)C1. The number of anilines is 1. The van der Waals surface area contributed by atoms with Gasteiger partial charge in [-0.05, 0) is 32.7 Å². The molecule has 1 aliphatic carbocycles. The van der Waals surface area contributed by atoms with Crippen molar-refractivity contribution in [3.8, 4) is 11.4 Å². The van der Waals surface area contributed by atoms with Gasteiger partial charge in [0.15, 0.2) is 17.5 Å². The van der Waals surface area contributed by atoms with Crippen LogP contribution in [-0.4, -0.2) is 59.1 Å². The van der Waals surface area contributed by atoms with Crippen LogP contribution in [0.3, 0.4) is 0 Å². The smallest absolute Gasteiger partial charge is 0.183 e. The number of H-pyrrole nitrogens is 1. The fourth-order valence-corrected chi connectivity index (χ4v) is 4.21. The second kappa shape index (κ2) is 9.19. The summed E-state index contributed by atoms with van der Waals surface area (Å²) in [6.45, 7) is 2.41. The van der Waals surface area contributed by atoms with Crippen molar-refractivity contribution in [2.45, 2.75) is 43.1 Å². The van der Waals surface area contributed by atoms with E-state index in [1.54, 1.807) is 6.20 Å². The molecule has 0 amide bonds. The van der Waals surface area contributed by atoms with Crippen LogP contribution in [0.15, 0.2) is 17.4 Å². The van der Waals surface area contributed by atoms with Gasteiger partial charge < -0.3 is 20.9 Å². The molecule has 3 heterocycles. The van der Waals surface area contributed by atoms with Gasteiger partial charge in [0.1, 0.15) is 5.49 Å². The van der Waals surface area contributed by atoms with E-state index in [4.69, 9.17) is 11.6 Å². The minimum Gasteiger partial charge on any atom is -0.365 e. The standard InChI is InChI=1S/C20H27ClFN7/c1-23-5-6-24-13-3-2-4-14(8-13)28-20-17(22)11-27-19(29-20)16-10-26-18-15(16)7-12(21)9-25-18/h7,10-14,23-24H,2-6,8-9H2,1H3,(H,25,26)(H,27,28,29). The van der Waals surface area contributed by atoms with E-state index in [2.05, 4.69) is 35.9 Å². The van der Waals surface area contributed by atoms with E-state index in [1.165, 1.54) is 6.20 Å². The lowest BCUT2D eigenvalue weighted by molar-refractivity contribution is 0.351. The van der Waals surface area contributed by atoms with Crippen molar-refractivity contribution < 1.29 is 4.39 Å². The average molecular weight is 420 g/mol. The molecule has 4 N–H and O–H groups in total. The fraction of sp³-hybridized carbons (Fsp3) is 0.550. The highest BCUT2D eigenvalue weighted by atomic mass is 35.5. The van der Waals surface area contributed by atoms with E-state index >= 15 is 0 Å². The Morgan fingerprint density at radius 1 is 1.28 bits per heavy atom. The first-order chi connectivity index (χ1) is 14.1. The van der Waals surface area contributed by atoms with Crippen molar-refractivity contribution in [2.24, 2.45) is 4.99 Å². The van der Waals surface area contributed by atoms with Crippen molar-refractivity contribution in [3.05, 3.63) is 28.9 Å². The Kier molecular flexibility index (Phi) is 6.42. The number of hydrogen-bond donors (Lipinski definition) is 4. The number of aromatic nitrogens is 3. The molecule has 0 aromatic carbocycles. The molecule has 0 saturated heterocycles. The van der Waals surface area contributed by atoms with Crippen LogP contribution in [0.2, 0.25) is 0 Å². The number of likely N-dealkylation sites (N-methyl/N-ethyl adjacent to an activating group) is 1. The third-order valence-corrected chi connectivity index (χ3v) is 5.74. The zero-order valence-electron chi connectivity index (χ0n) is 16.5. The number of hydrogen-bond acceptors (Lipinski definition) is 6. The molecule has 4 rings (SSSR count). The molecule has 1 fully saturated rings. The van der Waals surface area contributed by atoms with Gasteiger partial charge >= 0.3 is 0 Å². The van der Waals surface area contributed by atoms with Gasteiger partial charge in [-0.1, -0.05) is 6.08 Å². The van der Waals surface area contributed by atoms with Crippen LogP contribution < -0.4 is 26.7 Å². The molecule has 0 bridgehead atoms. The predicted octanol–water partition coefficient (Wildman–Crippen LogP) is 1.16. The molecule has 2 aliphatic rings. The van der Waals surface area contributed by atoms with E-state index in [1.807, 2.05) is 13.1 Å². The zero-order valence-corrected chi connectivity index (χ0v) is 17.3. The molecule has 156 valence electrons. The lowest BCUT2D eigenvalue weighted by Gasteiger charge is -2.31. The lowest BCUT2D eigenvalue weighted by atomic mass is 9.91. The number of fused-ring (bicyclic) bond motifs is 1. The molecule has 7 nitrogen and oxygen atoms in total. The van der Waals surface area contributed by atoms with Crippen molar-refractivity contribution in [1.82, 2.24) is 25.6 Å². The second-order valence-electron chi connectivity index (χ2n) is 7.64. The Bertz CT molecular complexity index is 960. The number of aromatic amines is 1. The van der Waals surface area contributed by atoms with Crippen molar-refractivity contribution in [2.75, 3.05) is 32.0 Å². The lowest BCUT2D eigenvalue weighted by Crippen LogP contribution is -2.41. The van der Waals surface area contributed by atoms with E-state index in [0.29, 0.717) is 18.4 Å². The Labute approximate surface area is 174 Å². The molecule has 1 saturated carbocycles. The summed E-state index contributed by atoms with van der Waals surface area (Å²) in [5.41, 5.74) is 1.55. The number of alkyl halides is 1. The molecular weight excluding hydrogens is 393 g/mol. The van der Waals surface area contributed by atoms with Crippen LogP contribution in [0.25, 0.3) is 17.5 Å². The number of nitrogens with one attached hydrogen (secondary N) is 4. The third-order valence-electron chi connectivity index (χ3n) is 5.48. The highest BCUT2D eigenvalue weighted by molar-refractivity contribution is 6.24. The molecule has 3 unspecified atom stereocenters. The number of rotatable bonds is 7. The van der Waals surface area contributed by atoms with Crippen LogP contribution in [0.5, 0.6) is 0 Å². The van der Waals surface area contributed by atoms with E-state index < -0.39 is 5.82 Å². The first-order valence-electron chi connectivity index (χ1n) is 10.2. The summed E-state index contributed by atoms with van der Waals surface area (Å²) in [7, 11) is 1.95. The monoisotopic (exact) mass is 419 g/mol. The average Bonchev–Trinajstić information content (AvgIpc) is 3.13. The summed E-state index contributed by atoms with van der Waals surface area (Å²) >= 11 is 6.22. The topological polar surface area (TPSA) is 90.0 Å². The van der Waals surface area contributed by atoms with Crippen LogP contribution >= 0.6 is 11.6 Å². The molecule has 29 heavy (non-hydrogen) atoms. The van der Waals surface area contributed by atoms with E-state index in [0.717, 1.165) is 55.0 Å². The van der Waals surface area contributed by atoms with Gasteiger partial charge in [-0.25, -0.2) is 14.4 Å². The Balaban J connectivity index is 1.51. The van der Waals surface area contributed by atoms with Gasteiger partial charge in [0.05, 0.1) is 18.1 Å². The summed E-state index contributed by atoms with van der Waals surface area (Å²) in [6.07, 6.45) is 9.18.